The molecule has 0 aliphatic carbocycles. The molecule has 3 atom stereocenters. The predicted octanol–water partition coefficient (Wildman–Crippen LogP) is 5.72. The van der Waals surface area contributed by atoms with Crippen molar-refractivity contribution in [3.8, 4) is 0 Å². The van der Waals surface area contributed by atoms with E-state index in [1.54, 1.807) is 12.1 Å². The third-order valence-electron chi connectivity index (χ3n) is 8.38. The van der Waals surface area contributed by atoms with Crippen LogP contribution in [0, 0.1) is 13.8 Å². The molecule has 5 rings (SSSR count). The largest absolute Gasteiger partial charge is 0.444 e. The lowest BCUT2D eigenvalue weighted by Crippen LogP contribution is -2.53. The van der Waals surface area contributed by atoms with E-state index in [9.17, 15) is 14.4 Å². The number of amides is 3. The summed E-state index contributed by atoms with van der Waals surface area (Å²) in [5.74, 6) is -0.00191. The van der Waals surface area contributed by atoms with E-state index in [1.165, 1.54) is 0 Å². The number of carbonyl (C=O) groups is 3. The molecule has 42 heavy (non-hydrogen) atoms. The van der Waals surface area contributed by atoms with Crippen molar-refractivity contribution in [2.24, 2.45) is 0 Å². The smallest absolute Gasteiger partial charge is 0.410 e. The van der Waals surface area contributed by atoms with E-state index in [4.69, 9.17) is 27.9 Å². The number of aryl methyl sites for hydroxylation is 2. The third kappa shape index (κ3) is 6.71. The maximum atomic E-state index is 13.7. The van der Waals surface area contributed by atoms with E-state index in [0.717, 1.165) is 29.7 Å². The van der Waals surface area contributed by atoms with Gasteiger partial charge in [0.1, 0.15) is 5.60 Å². The van der Waals surface area contributed by atoms with Crippen LogP contribution >= 0.6 is 23.2 Å². The molecule has 0 radical (unpaired) electrons. The molecule has 2 bridgehead atoms. The van der Waals surface area contributed by atoms with Crippen LogP contribution in [0.5, 0.6) is 0 Å². The molecule has 0 spiro atoms. The summed E-state index contributed by atoms with van der Waals surface area (Å²) >= 11 is 12.6. The van der Waals surface area contributed by atoms with Crippen molar-refractivity contribution in [1.29, 1.82) is 0 Å². The van der Waals surface area contributed by atoms with Gasteiger partial charge < -0.3 is 19.4 Å². The van der Waals surface area contributed by atoms with Gasteiger partial charge in [0, 0.05) is 63.3 Å². The first kappa shape index (κ1) is 30.6. The molecule has 0 aromatic heterocycles. The van der Waals surface area contributed by atoms with E-state index in [0.29, 0.717) is 54.8 Å². The molecule has 10 heteroatoms. The van der Waals surface area contributed by atoms with E-state index in [-0.39, 0.29) is 36.0 Å². The standard InChI is InChI=1S/C32H40Cl2N4O4/c1-20-12-21(2)14-23(13-20)30(40)36-10-11-37(28(19-36)22-6-7-26(33)27(34)15-22)29(39)8-9-35-17-25-16-24(35)18-38(25)31(41)42-32(3,4)5/h6-7,12-15,24-25,28H,8-11,16-19H2,1-5H3/t24-,25-,28-/m0/s1. The topological polar surface area (TPSA) is 73.4 Å². The van der Waals surface area contributed by atoms with Crippen LogP contribution in [0.2, 0.25) is 10.0 Å². The second-order valence-electron chi connectivity index (χ2n) is 12.8. The Morgan fingerprint density at radius 1 is 0.881 bits per heavy atom. The van der Waals surface area contributed by atoms with Gasteiger partial charge in [-0.15, -0.1) is 0 Å². The summed E-state index contributed by atoms with van der Waals surface area (Å²) < 4.78 is 5.58. The van der Waals surface area contributed by atoms with Crippen molar-refractivity contribution < 1.29 is 19.1 Å². The zero-order chi connectivity index (χ0) is 30.3. The van der Waals surface area contributed by atoms with Gasteiger partial charge in [-0.25, -0.2) is 4.79 Å². The number of ether oxygens (including phenoxy) is 1. The van der Waals surface area contributed by atoms with Gasteiger partial charge in [0.25, 0.3) is 5.91 Å². The Balaban J connectivity index is 1.26. The number of carbonyl (C=O) groups excluding carboxylic acids is 3. The monoisotopic (exact) mass is 614 g/mol. The number of nitrogens with zero attached hydrogens (tertiary/aromatic N) is 4. The molecule has 226 valence electrons. The number of rotatable bonds is 5. The molecule has 3 aliphatic rings. The number of fused-ring (bicyclic) bond motifs is 2. The maximum absolute atomic E-state index is 13.7. The summed E-state index contributed by atoms with van der Waals surface area (Å²) in [6, 6.07) is 11.3. The molecule has 3 heterocycles. The lowest BCUT2D eigenvalue weighted by molar-refractivity contribution is -0.136. The predicted molar refractivity (Wildman–Crippen MR) is 164 cm³/mol. The number of halogens is 2. The molecular weight excluding hydrogens is 575 g/mol. The number of benzene rings is 2. The molecule has 8 nitrogen and oxygen atoms in total. The zero-order valence-corrected chi connectivity index (χ0v) is 26.5. The van der Waals surface area contributed by atoms with Crippen LogP contribution in [-0.2, 0) is 9.53 Å². The van der Waals surface area contributed by atoms with Crippen LogP contribution in [0.25, 0.3) is 0 Å². The molecule has 0 saturated carbocycles. The van der Waals surface area contributed by atoms with Crippen LogP contribution in [-0.4, -0.2) is 94.5 Å². The Morgan fingerprint density at radius 2 is 1.60 bits per heavy atom. The van der Waals surface area contributed by atoms with Gasteiger partial charge in [-0.05, 0) is 70.9 Å². The van der Waals surface area contributed by atoms with Crippen molar-refractivity contribution in [3.05, 3.63) is 68.7 Å². The van der Waals surface area contributed by atoms with Crippen LogP contribution < -0.4 is 0 Å². The van der Waals surface area contributed by atoms with E-state index in [2.05, 4.69) is 4.90 Å². The second-order valence-corrected chi connectivity index (χ2v) is 13.6. The molecule has 3 fully saturated rings. The maximum Gasteiger partial charge on any atom is 0.410 e. The molecule has 3 amide bonds. The summed E-state index contributed by atoms with van der Waals surface area (Å²) in [4.78, 5) is 47.7. The second kappa shape index (κ2) is 12.1. The minimum Gasteiger partial charge on any atom is -0.444 e. The first-order chi connectivity index (χ1) is 19.8. The van der Waals surface area contributed by atoms with E-state index >= 15 is 0 Å². The fraction of sp³-hybridized carbons (Fsp3) is 0.531. The van der Waals surface area contributed by atoms with Gasteiger partial charge in [-0.1, -0.05) is 46.5 Å². The van der Waals surface area contributed by atoms with Crippen LogP contribution in [0.15, 0.2) is 36.4 Å². The molecule has 3 saturated heterocycles. The van der Waals surface area contributed by atoms with E-state index in [1.807, 2.05) is 73.6 Å². The van der Waals surface area contributed by atoms with Gasteiger partial charge in [0.05, 0.1) is 16.1 Å². The molecule has 3 aliphatic heterocycles. The summed E-state index contributed by atoms with van der Waals surface area (Å²) in [5, 5.41) is 0.865. The first-order valence-electron chi connectivity index (χ1n) is 14.6. The Morgan fingerprint density at radius 3 is 2.21 bits per heavy atom. The highest BCUT2D eigenvalue weighted by Crippen LogP contribution is 2.34. The molecule has 2 aromatic carbocycles. The van der Waals surface area contributed by atoms with Gasteiger partial charge in [-0.2, -0.15) is 0 Å². The Hall–Kier alpha value is -2.81. The lowest BCUT2D eigenvalue weighted by Gasteiger charge is -2.42. The minimum absolute atomic E-state index is 0.0383. The average molecular weight is 616 g/mol. The molecule has 0 unspecified atom stereocenters. The zero-order valence-electron chi connectivity index (χ0n) is 25.0. The van der Waals surface area contributed by atoms with Crippen molar-refractivity contribution in [1.82, 2.24) is 19.6 Å². The van der Waals surface area contributed by atoms with Crippen LogP contribution in [0.3, 0.4) is 0 Å². The van der Waals surface area contributed by atoms with Crippen LogP contribution in [0.1, 0.15) is 66.7 Å². The highest BCUT2D eigenvalue weighted by atomic mass is 35.5. The molecular formula is C32H40Cl2N4O4. The quantitative estimate of drug-likeness (QED) is 0.431. The average Bonchev–Trinajstić information content (AvgIpc) is 3.52. The van der Waals surface area contributed by atoms with Crippen LogP contribution in [0.4, 0.5) is 4.79 Å². The SMILES string of the molecule is Cc1cc(C)cc(C(=O)N2CCN(C(=O)CCN3C[C@@H]4C[C@H]3CN4C(=O)OC(C)(C)C)[C@H](c3ccc(Cl)c(Cl)c3)C2)c1. The number of piperazine rings is 2. The minimum atomic E-state index is -0.524. The Bertz CT molecular complexity index is 1360. The van der Waals surface area contributed by atoms with Gasteiger partial charge >= 0.3 is 6.09 Å². The lowest BCUT2D eigenvalue weighted by atomic mass is 10.00. The van der Waals surface area contributed by atoms with Crippen molar-refractivity contribution in [3.63, 3.8) is 0 Å². The van der Waals surface area contributed by atoms with Gasteiger partial charge in [0.2, 0.25) is 5.91 Å². The Kier molecular flexibility index (Phi) is 8.80. The summed E-state index contributed by atoms with van der Waals surface area (Å²) in [5.41, 5.74) is 3.06. The fourth-order valence-electron chi connectivity index (χ4n) is 6.50. The number of likely N-dealkylation sites (tertiary alicyclic amines) is 2. The van der Waals surface area contributed by atoms with Crippen molar-refractivity contribution >= 4 is 41.1 Å². The fourth-order valence-corrected chi connectivity index (χ4v) is 6.81. The highest BCUT2D eigenvalue weighted by Gasteiger charge is 2.46. The summed E-state index contributed by atoms with van der Waals surface area (Å²) in [6.07, 6.45) is 1.00. The third-order valence-corrected chi connectivity index (χ3v) is 9.12. The normalized spacial score (nSPS) is 22.5. The summed E-state index contributed by atoms with van der Waals surface area (Å²) in [6.45, 7) is 12.8. The highest BCUT2D eigenvalue weighted by molar-refractivity contribution is 6.42. The van der Waals surface area contributed by atoms with Gasteiger partial charge in [0.15, 0.2) is 0 Å². The Labute approximate surface area is 258 Å². The van der Waals surface area contributed by atoms with Gasteiger partial charge in [-0.3, -0.25) is 14.5 Å². The van der Waals surface area contributed by atoms with Crippen molar-refractivity contribution in [2.45, 2.75) is 71.2 Å². The first-order valence-corrected chi connectivity index (χ1v) is 15.4. The summed E-state index contributed by atoms with van der Waals surface area (Å²) in [7, 11) is 0. The molecule has 2 aromatic rings. The van der Waals surface area contributed by atoms with Crippen molar-refractivity contribution in [2.75, 3.05) is 39.3 Å². The number of hydrogen-bond donors (Lipinski definition) is 0. The number of hydrogen-bond acceptors (Lipinski definition) is 5. The molecule has 0 N–H and O–H groups in total. The van der Waals surface area contributed by atoms with E-state index < -0.39 is 5.60 Å².